The van der Waals surface area contributed by atoms with Gasteiger partial charge in [0.1, 0.15) is 5.78 Å². The molecule has 2 rings (SSSR count). The number of Topliss-reactive ketones (excluding diaryl/α,β-unsaturated/α-hetero) is 1. The van der Waals surface area contributed by atoms with E-state index in [4.69, 9.17) is 4.74 Å². The highest BCUT2D eigenvalue weighted by Crippen LogP contribution is 2.28. The molecule has 0 aliphatic heterocycles. The predicted molar refractivity (Wildman–Crippen MR) is 112 cm³/mol. The first-order valence-electron chi connectivity index (χ1n) is 10.1. The summed E-state index contributed by atoms with van der Waals surface area (Å²) in [6.07, 6.45) is 2.45. The molecule has 28 heavy (non-hydrogen) atoms. The molecule has 0 bridgehead atoms. The zero-order valence-corrected chi connectivity index (χ0v) is 17.1. The maximum Gasteiger partial charge on any atom is 0.312 e. The van der Waals surface area contributed by atoms with Crippen molar-refractivity contribution < 1.29 is 14.3 Å². The van der Waals surface area contributed by atoms with E-state index < -0.39 is 5.72 Å². The molecule has 0 radical (unpaired) electrons. The SMILES string of the molecule is CCCC(CC(=O)[C@H](CC)c1ccccc1)(NC)OC(=O)Cc1ccccc1. The lowest BCUT2D eigenvalue weighted by Gasteiger charge is -2.33. The highest BCUT2D eigenvalue weighted by molar-refractivity contribution is 5.87. The fourth-order valence-corrected chi connectivity index (χ4v) is 3.60. The summed E-state index contributed by atoms with van der Waals surface area (Å²) in [6, 6.07) is 19.3. The summed E-state index contributed by atoms with van der Waals surface area (Å²) in [6.45, 7) is 4.04. The summed E-state index contributed by atoms with van der Waals surface area (Å²) in [5.41, 5.74) is 0.933. The molecule has 0 aliphatic rings. The first-order chi connectivity index (χ1) is 13.5. The maximum absolute atomic E-state index is 13.1. The zero-order valence-electron chi connectivity index (χ0n) is 17.1. The minimum atomic E-state index is -0.972. The highest BCUT2D eigenvalue weighted by atomic mass is 16.6. The van der Waals surface area contributed by atoms with E-state index in [0.717, 1.165) is 17.5 Å². The first kappa shape index (κ1) is 21.8. The Bertz CT molecular complexity index is 745. The number of ether oxygens (including phenoxy) is 1. The summed E-state index contributed by atoms with van der Waals surface area (Å²) >= 11 is 0. The van der Waals surface area contributed by atoms with Gasteiger partial charge in [0.2, 0.25) is 0 Å². The van der Waals surface area contributed by atoms with Crippen molar-refractivity contribution in [3.8, 4) is 0 Å². The molecule has 4 heteroatoms. The van der Waals surface area contributed by atoms with Crippen molar-refractivity contribution in [1.82, 2.24) is 5.32 Å². The third-order valence-electron chi connectivity index (χ3n) is 5.07. The van der Waals surface area contributed by atoms with Crippen LogP contribution in [0.5, 0.6) is 0 Å². The second kappa shape index (κ2) is 10.8. The number of hydrogen-bond donors (Lipinski definition) is 1. The van der Waals surface area contributed by atoms with Crippen molar-refractivity contribution in [1.29, 1.82) is 0 Å². The minimum Gasteiger partial charge on any atom is -0.443 e. The van der Waals surface area contributed by atoms with E-state index >= 15 is 0 Å². The van der Waals surface area contributed by atoms with Crippen LogP contribution in [0, 0.1) is 0 Å². The molecule has 0 aromatic heterocycles. The molecule has 0 fully saturated rings. The molecule has 0 saturated carbocycles. The number of esters is 1. The molecule has 2 atom stereocenters. The lowest BCUT2D eigenvalue weighted by Crippen LogP contribution is -2.49. The smallest absolute Gasteiger partial charge is 0.312 e. The summed E-state index contributed by atoms with van der Waals surface area (Å²) in [5, 5.41) is 3.13. The Balaban J connectivity index is 2.14. The fourth-order valence-electron chi connectivity index (χ4n) is 3.60. The average molecular weight is 382 g/mol. The van der Waals surface area contributed by atoms with Gasteiger partial charge < -0.3 is 4.74 Å². The van der Waals surface area contributed by atoms with Crippen LogP contribution >= 0.6 is 0 Å². The minimum absolute atomic E-state index is 0.0870. The van der Waals surface area contributed by atoms with Crippen molar-refractivity contribution in [2.45, 2.75) is 57.6 Å². The van der Waals surface area contributed by atoms with Crippen LogP contribution in [-0.2, 0) is 20.7 Å². The lowest BCUT2D eigenvalue weighted by atomic mass is 9.87. The highest BCUT2D eigenvalue weighted by Gasteiger charge is 2.36. The first-order valence-corrected chi connectivity index (χ1v) is 10.1. The van der Waals surface area contributed by atoms with E-state index in [-0.39, 0.29) is 30.5 Å². The molecule has 150 valence electrons. The zero-order chi connectivity index (χ0) is 20.4. The van der Waals surface area contributed by atoms with Crippen molar-refractivity contribution in [2.75, 3.05) is 7.05 Å². The van der Waals surface area contributed by atoms with Gasteiger partial charge in [-0.05, 0) is 24.6 Å². The van der Waals surface area contributed by atoms with Gasteiger partial charge in [-0.1, -0.05) is 80.9 Å². The van der Waals surface area contributed by atoms with E-state index in [2.05, 4.69) is 5.32 Å². The van der Waals surface area contributed by atoms with Crippen LogP contribution in [-0.4, -0.2) is 24.5 Å². The van der Waals surface area contributed by atoms with Crippen molar-refractivity contribution in [2.24, 2.45) is 0 Å². The molecule has 1 N–H and O–H groups in total. The van der Waals surface area contributed by atoms with Crippen LogP contribution in [0.2, 0.25) is 0 Å². The van der Waals surface area contributed by atoms with Gasteiger partial charge in [0.25, 0.3) is 0 Å². The van der Waals surface area contributed by atoms with Crippen LogP contribution < -0.4 is 5.32 Å². The van der Waals surface area contributed by atoms with E-state index in [1.807, 2.05) is 74.5 Å². The molecule has 0 amide bonds. The van der Waals surface area contributed by atoms with Gasteiger partial charge in [0.05, 0.1) is 12.8 Å². The Morgan fingerprint density at radius 2 is 1.61 bits per heavy atom. The van der Waals surface area contributed by atoms with Crippen LogP contribution in [0.1, 0.15) is 56.6 Å². The second-order valence-electron chi connectivity index (χ2n) is 7.15. The average Bonchev–Trinajstić information content (AvgIpc) is 2.70. The standard InChI is InChI=1S/C24H31NO3/c1-4-16-24(25-3,28-23(27)17-19-12-8-6-9-13-19)18-22(26)21(5-2)20-14-10-7-11-15-20/h6-15,21,25H,4-5,16-18H2,1-3H3/t21-,24?/m1/s1. The number of ketones is 1. The molecule has 1 unspecified atom stereocenters. The number of carbonyl (C=O) groups excluding carboxylic acids is 2. The quantitative estimate of drug-likeness (QED) is 0.455. The monoisotopic (exact) mass is 381 g/mol. The predicted octanol–water partition coefficient (Wildman–Crippen LogP) is 4.64. The van der Waals surface area contributed by atoms with Crippen LogP contribution in [0.25, 0.3) is 0 Å². The van der Waals surface area contributed by atoms with Gasteiger partial charge in [-0.25, -0.2) is 0 Å². The molecule has 0 aliphatic carbocycles. The van der Waals surface area contributed by atoms with E-state index in [1.54, 1.807) is 7.05 Å². The number of carbonyl (C=O) groups is 2. The molecular weight excluding hydrogens is 350 g/mol. The Morgan fingerprint density at radius 1 is 1.00 bits per heavy atom. The summed E-state index contributed by atoms with van der Waals surface area (Å²) in [5.74, 6) is -0.433. The van der Waals surface area contributed by atoms with E-state index in [1.165, 1.54) is 0 Å². The Hall–Kier alpha value is -2.46. The van der Waals surface area contributed by atoms with E-state index in [0.29, 0.717) is 12.8 Å². The van der Waals surface area contributed by atoms with Gasteiger partial charge in [-0.3, -0.25) is 14.9 Å². The Morgan fingerprint density at radius 3 is 2.14 bits per heavy atom. The van der Waals surface area contributed by atoms with Gasteiger partial charge in [-0.2, -0.15) is 0 Å². The van der Waals surface area contributed by atoms with Gasteiger partial charge in [0, 0.05) is 12.3 Å². The van der Waals surface area contributed by atoms with E-state index in [9.17, 15) is 9.59 Å². The van der Waals surface area contributed by atoms with Gasteiger partial charge in [0.15, 0.2) is 5.72 Å². The number of benzene rings is 2. The maximum atomic E-state index is 13.1. The topological polar surface area (TPSA) is 55.4 Å². The molecule has 0 saturated heterocycles. The molecule has 2 aromatic carbocycles. The Kier molecular flexibility index (Phi) is 8.40. The molecule has 4 nitrogen and oxygen atoms in total. The molecule has 0 spiro atoms. The third kappa shape index (κ3) is 6.03. The molecule has 2 aromatic rings. The lowest BCUT2D eigenvalue weighted by molar-refractivity contribution is -0.165. The van der Waals surface area contributed by atoms with Crippen molar-refractivity contribution in [3.63, 3.8) is 0 Å². The van der Waals surface area contributed by atoms with Crippen molar-refractivity contribution in [3.05, 3.63) is 71.8 Å². The molecule has 0 heterocycles. The third-order valence-corrected chi connectivity index (χ3v) is 5.07. The number of hydrogen-bond acceptors (Lipinski definition) is 4. The summed E-state index contributed by atoms with van der Waals surface area (Å²) < 4.78 is 5.86. The van der Waals surface area contributed by atoms with Crippen molar-refractivity contribution >= 4 is 11.8 Å². The number of nitrogens with one attached hydrogen (secondary N) is 1. The van der Waals surface area contributed by atoms with Crippen LogP contribution in [0.15, 0.2) is 60.7 Å². The summed E-state index contributed by atoms with van der Waals surface area (Å²) in [7, 11) is 1.75. The van der Waals surface area contributed by atoms with Gasteiger partial charge >= 0.3 is 5.97 Å². The van der Waals surface area contributed by atoms with Crippen LogP contribution in [0.4, 0.5) is 0 Å². The fraction of sp³-hybridized carbons (Fsp3) is 0.417. The second-order valence-corrected chi connectivity index (χ2v) is 7.15. The normalized spacial score (nSPS) is 14.1. The summed E-state index contributed by atoms with van der Waals surface area (Å²) in [4.78, 5) is 25.7. The van der Waals surface area contributed by atoms with Crippen LogP contribution in [0.3, 0.4) is 0 Å². The number of rotatable bonds is 11. The molecular formula is C24H31NO3. The Labute approximate surface area is 168 Å². The van der Waals surface area contributed by atoms with Gasteiger partial charge in [-0.15, -0.1) is 0 Å². The largest absolute Gasteiger partial charge is 0.443 e.